The summed E-state index contributed by atoms with van der Waals surface area (Å²) in [5.74, 6) is 4.78. The molecule has 3 N–H and O–H groups in total. The van der Waals surface area contributed by atoms with Gasteiger partial charge in [-0.3, -0.25) is 14.9 Å². The third-order valence-corrected chi connectivity index (χ3v) is 2.92. The molecular weight excluding hydrogens is 252 g/mol. The van der Waals surface area contributed by atoms with Gasteiger partial charge in [0.2, 0.25) is 0 Å². The van der Waals surface area contributed by atoms with Crippen LogP contribution in [-0.4, -0.2) is 15.7 Å². The summed E-state index contributed by atoms with van der Waals surface area (Å²) in [6.45, 7) is 2.40. The standard InChI is InChI=1S/C12H13ClN4O/c1-8-11(13)7-17(16-8)6-9-3-2-4-10(5-9)12(18)15-14/h2-5,7H,6,14H2,1H3,(H,15,18). The number of hydrogen-bond donors (Lipinski definition) is 2. The lowest BCUT2D eigenvalue weighted by atomic mass is 10.1. The molecule has 0 aliphatic carbocycles. The van der Waals surface area contributed by atoms with Crippen molar-refractivity contribution >= 4 is 17.5 Å². The molecule has 94 valence electrons. The average molecular weight is 265 g/mol. The van der Waals surface area contributed by atoms with Gasteiger partial charge in [0, 0.05) is 11.8 Å². The molecule has 1 aromatic carbocycles. The number of hydrazine groups is 1. The maximum Gasteiger partial charge on any atom is 0.265 e. The Bertz CT molecular complexity index is 560. The van der Waals surface area contributed by atoms with Crippen LogP contribution in [0.3, 0.4) is 0 Å². The van der Waals surface area contributed by atoms with Crippen molar-refractivity contribution in [3.05, 3.63) is 52.3 Å². The SMILES string of the molecule is Cc1nn(Cc2cccc(C(=O)NN)c2)cc1Cl. The lowest BCUT2D eigenvalue weighted by Crippen LogP contribution is -2.30. The number of rotatable bonds is 3. The number of nitrogens with zero attached hydrogens (tertiary/aromatic N) is 2. The van der Waals surface area contributed by atoms with Crippen LogP contribution < -0.4 is 11.3 Å². The van der Waals surface area contributed by atoms with Crippen molar-refractivity contribution in [2.24, 2.45) is 5.84 Å². The van der Waals surface area contributed by atoms with Gasteiger partial charge in [0.1, 0.15) is 0 Å². The summed E-state index contributed by atoms with van der Waals surface area (Å²) in [6, 6.07) is 7.19. The first-order valence-corrected chi connectivity index (χ1v) is 5.77. The molecular formula is C12H13ClN4O. The van der Waals surface area contributed by atoms with Gasteiger partial charge in [-0.25, -0.2) is 5.84 Å². The van der Waals surface area contributed by atoms with Gasteiger partial charge in [0.05, 0.1) is 17.3 Å². The molecule has 1 aromatic heterocycles. The van der Waals surface area contributed by atoms with E-state index in [1.807, 2.05) is 13.0 Å². The van der Waals surface area contributed by atoms with E-state index in [1.165, 1.54) is 0 Å². The highest BCUT2D eigenvalue weighted by molar-refractivity contribution is 6.31. The van der Waals surface area contributed by atoms with Crippen LogP contribution in [0.5, 0.6) is 0 Å². The zero-order valence-corrected chi connectivity index (χ0v) is 10.6. The molecule has 0 saturated carbocycles. The quantitative estimate of drug-likeness (QED) is 0.501. The van der Waals surface area contributed by atoms with E-state index in [4.69, 9.17) is 17.4 Å². The van der Waals surface area contributed by atoms with Gasteiger partial charge < -0.3 is 0 Å². The molecule has 2 aromatic rings. The smallest absolute Gasteiger partial charge is 0.265 e. The van der Waals surface area contributed by atoms with Crippen molar-refractivity contribution in [2.75, 3.05) is 0 Å². The van der Waals surface area contributed by atoms with Crippen molar-refractivity contribution in [3.8, 4) is 0 Å². The number of nitrogen functional groups attached to an aromatic ring is 1. The fraction of sp³-hybridized carbons (Fsp3) is 0.167. The Morgan fingerprint density at radius 3 is 2.94 bits per heavy atom. The zero-order chi connectivity index (χ0) is 13.1. The van der Waals surface area contributed by atoms with Gasteiger partial charge in [0.15, 0.2) is 0 Å². The van der Waals surface area contributed by atoms with E-state index in [9.17, 15) is 4.79 Å². The molecule has 0 saturated heterocycles. The van der Waals surface area contributed by atoms with Crippen LogP contribution in [0, 0.1) is 6.92 Å². The number of hydrogen-bond acceptors (Lipinski definition) is 3. The highest BCUT2D eigenvalue weighted by atomic mass is 35.5. The summed E-state index contributed by atoms with van der Waals surface area (Å²) >= 11 is 5.94. The number of nitrogens with two attached hydrogens (primary N) is 1. The summed E-state index contributed by atoms with van der Waals surface area (Å²) in [5, 5.41) is 4.89. The van der Waals surface area contributed by atoms with E-state index in [0.29, 0.717) is 17.1 Å². The average Bonchev–Trinajstić information content (AvgIpc) is 2.67. The first kappa shape index (κ1) is 12.6. The number of benzene rings is 1. The molecule has 0 spiro atoms. The number of aryl methyl sites for hydroxylation is 1. The van der Waals surface area contributed by atoms with Gasteiger partial charge in [-0.15, -0.1) is 0 Å². The topological polar surface area (TPSA) is 72.9 Å². The Hall–Kier alpha value is -1.85. The summed E-state index contributed by atoms with van der Waals surface area (Å²) < 4.78 is 1.73. The van der Waals surface area contributed by atoms with Crippen molar-refractivity contribution in [3.63, 3.8) is 0 Å². The third kappa shape index (κ3) is 2.69. The Kier molecular flexibility index (Phi) is 3.64. The van der Waals surface area contributed by atoms with Crippen LogP contribution in [0.15, 0.2) is 30.5 Å². The van der Waals surface area contributed by atoms with Gasteiger partial charge in [0.25, 0.3) is 5.91 Å². The number of nitrogens with one attached hydrogen (secondary N) is 1. The van der Waals surface area contributed by atoms with Crippen LogP contribution in [0.2, 0.25) is 5.02 Å². The largest absolute Gasteiger partial charge is 0.290 e. The van der Waals surface area contributed by atoms with Crippen molar-refractivity contribution in [1.82, 2.24) is 15.2 Å². The van der Waals surface area contributed by atoms with Gasteiger partial charge in [-0.05, 0) is 24.6 Å². The molecule has 5 nitrogen and oxygen atoms in total. The van der Waals surface area contributed by atoms with Crippen LogP contribution >= 0.6 is 11.6 Å². The first-order valence-electron chi connectivity index (χ1n) is 5.39. The first-order chi connectivity index (χ1) is 8.60. The van der Waals surface area contributed by atoms with Crippen molar-refractivity contribution in [1.29, 1.82) is 0 Å². The summed E-state index contributed by atoms with van der Waals surface area (Å²) in [4.78, 5) is 11.4. The number of aromatic nitrogens is 2. The number of carbonyl (C=O) groups is 1. The minimum atomic E-state index is -0.313. The molecule has 1 heterocycles. The maximum absolute atomic E-state index is 11.4. The molecule has 0 aliphatic rings. The number of halogens is 1. The van der Waals surface area contributed by atoms with Crippen LogP contribution in [0.1, 0.15) is 21.6 Å². The molecule has 0 aliphatic heterocycles. The fourth-order valence-electron chi connectivity index (χ4n) is 1.66. The van der Waals surface area contributed by atoms with E-state index >= 15 is 0 Å². The Morgan fingerprint density at radius 2 is 2.33 bits per heavy atom. The second kappa shape index (κ2) is 5.20. The molecule has 2 rings (SSSR count). The lowest BCUT2D eigenvalue weighted by Gasteiger charge is -2.04. The zero-order valence-electron chi connectivity index (χ0n) is 9.85. The van der Waals surface area contributed by atoms with Gasteiger partial charge in [-0.2, -0.15) is 5.10 Å². The van der Waals surface area contributed by atoms with Crippen LogP contribution in [0.4, 0.5) is 0 Å². The fourth-order valence-corrected chi connectivity index (χ4v) is 1.81. The second-order valence-corrected chi connectivity index (χ2v) is 4.34. The van der Waals surface area contributed by atoms with E-state index < -0.39 is 0 Å². The summed E-state index contributed by atoms with van der Waals surface area (Å²) in [6.07, 6.45) is 1.76. The highest BCUT2D eigenvalue weighted by Crippen LogP contribution is 2.14. The van der Waals surface area contributed by atoms with E-state index in [0.717, 1.165) is 11.3 Å². The normalized spacial score (nSPS) is 10.4. The van der Waals surface area contributed by atoms with Gasteiger partial charge >= 0.3 is 0 Å². The van der Waals surface area contributed by atoms with Crippen LogP contribution in [-0.2, 0) is 6.54 Å². The summed E-state index contributed by atoms with van der Waals surface area (Å²) in [7, 11) is 0. The predicted molar refractivity (Wildman–Crippen MR) is 69.2 cm³/mol. The third-order valence-electron chi connectivity index (χ3n) is 2.55. The van der Waals surface area contributed by atoms with E-state index in [-0.39, 0.29) is 5.91 Å². The molecule has 0 fully saturated rings. The molecule has 0 bridgehead atoms. The number of carbonyl (C=O) groups excluding carboxylic acids is 1. The monoisotopic (exact) mass is 264 g/mol. The van der Waals surface area contributed by atoms with E-state index in [2.05, 4.69) is 10.5 Å². The molecule has 0 unspecified atom stereocenters. The molecule has 1 amide bonds. The molecule has 18 heavy (non-hydrogen) atoms. The molecule has 0 radical (unpaired) electrons. The summed E-state index contributed by atoms with van der Waals surface area (Å²) in [5.41, 5.74) is 4.36. The maximum atomic E-state index is 11.4. The van der Waals surface area contributed by atoms with Crippen molar-refractivity contribution in [2.45, 2.75) is 13.5 Å². The van der Waals surface area contributed by atoms with Crippen molar-refractivity contribution < 1.29 is 4.79 Å². The Morgan fingerprint density at radius 1 is 1.56 bits per heavy atom. The predicted octanol–water partition coefficient (Wildman–Crippen LogP) is 1.50. The van der Waals surface area contributed by atoms with Gasteiger partial charge in [-0.1, -0.05) is 23.7 Å². The van der Waals surface area contributed by atoms with Crippen LogP contribution in [0.25, 0.3) is 0 Å². The lowest BCUT2D eigenvalue weighted by molar-refractivity contribution is 0.0953. The molecule has 6 heteroatoms. The molecule has 0 atom stereocenters. The van der Waals surface area contributed by atoms with E-state index in [1.54, 1.807) is 29.1 Å². The Labute approximate surface area is 110 Å². The minimum Gasteiger partial charge on any atom is -0.290 e. The number of amides is 1. The Balaban J connectivity index is 2.21. The highest BCUT2D eigenvalue weighted by Gasteiger charge is 2.06. The minimum absolute atomic E-state index is 0.313. The second-order valence-electron chi connectivity index (χ2n) is 3.93.